The average Bonchev–Trinajstić information content (AvgIpc) is 3.52. The molecule has 2 unspecified atom stereocenters. The minimum atomic E-state index is -0.935. The lowest BCUT2D eigenvalue weighted by molar-refractivity contribution is -0.137. The van der Waals surface area contributed by atoms with Gasteiger partial charge in [0.25, 0.3) is 0 Å². The molecule has 2 aliphatic rings. The van der Waals surface area contributed by atoms with Crippen LogP contribution in [0.2, 0.25) is 0 Å². The molecule has 2 aromatic carbocycles. The standard InChI is InChI=1S/C25H26BN3O6S2/c1-14-11-34-26(35-25(14,2)3)16-6-4-15(5-7-16)12-33-24(32)27-17-8-9-18-20(10-17)37-22(28-18)21-29-19(13-36-21)23(30)31/h4-10,14,19H,11-13H2,1-3H3,(H,27,32)(H,30,31). The molecule has 5 rings (SSSR count). The predicted octanol–water partition coefficient (Wildman–Crippen LogP) is 4.15. The number of ether oxygens (including phenoxy) is 1. The van der Waals surface area contributed by atoms with E-state index >= 15 is 0 Å². The number of anilines is 1. The molecule has 2 N–H and O–H groups in total. The van der Waals surface area contributed by atoms with Crippen molar-refractivity contribution < 1.29 is 28.7 Å². The summed E-state index contributed by atoms with van der Waals surface area (Å²) < 4.78 is 18.2. The van der Waals surface area contributed by atoms with Crippen LogP contribution in [0.1, 0.15) is 31.3 Å². The molecule has 0 aliphatic carbocycles. The van der Waals surface area contributed by atoms with Crippen molar-refractivity contribution in [1.29, 1.82) is 0 Å². The third-order valence-corrected chi connectivity index (χ3v) is 8.68. The lowest BCUT2D eigenvalue weighted by Gasteiger charge is -2.40. The van der Waals surface area contributed by atoms with E-state index in [0.717, 1.165) is 21.2 Å². The van der Waals surface area contributed by atoms with Crippen molar-refractivity contribution in [1.82, 2.24) is 4.98 Å². The summed E-state index contributed by atoms with van der Waals surface area (Å²) in [6, 6.07) is 12.3. The Morgan fingerprint density at radius 3 is 2.73 bits per heavy atom. The fourth-order valence-electron chi connectivity index (χ4n) is 3.81. The number of rotatable bonds is 6. The number of thioether (sulfide) groups is 1. The molecule has 3 aromatic rings. The van der Waals surface area contributed by atoms with Crippen molar-refractivity contribution in [3.8, 4) is 0 Å². The van der Waals surface area contributed by atoms with E-state index in [9.17, 15) is 9.59 Å². The number of nitrogens with zero attached hydrogens (tertiary/aromatic N) is 2. The maximum Gasteiger partial charge on any atom is 0.494 e. The van der Waals surface area contributed by atoms with Gasteiger partial charge in [-0.1, -0.05) is 31.2 Å². The van der Waals surface area contributed by atoms with Crippen molar-refractivity contribution in [3.05, 3.63) is 53.0 Å². The number of nitrogens with one attached hydrogen (secondary N) is 1. The van der Waals surface area contributed by atoms with E-state index < -0.39 is 25.2 Å². The molecule has 1 aromatic heterocycles. The van der Waals surface area contributed by atoms with E-state index in [-0.39, 0.29) is 12.2 Å². The molecule has 2 atom stereocenters. The number of hydrogen-bond acceptors (Lipinski definition) is 9. The summed E-state index contributed by atoms with van der Waals surface area (Å²) in [7, 11) is -0.412. The number of benzene rings is 2. The van der Waals surface area contributed by atoms with Gasteiger partial charge in [0.15, 0.2) is 6.04 Å². The van der Waals surface area contributed by atoms with Gasteiger partial charge in [0.05, 0.1) is 15.8 Å². The van der Waals surface area contributed by atoms with Crippen LogP contribution in [-0.2, 0) is 25.4 Å². The van der Waals surface area contributed by atoms with E-state index in [2.05, 4.69) is 36.1 Å². The number of carboxylic acids is 1. The molecule has 9 nitrogen and oxygen atoms in total. The van der Waals surface area contributed by atoms with Crippen LogP contribution in [0.5, 0.6) is 0 Å². The maximum absolute atomic E-state index is 12.4. The fraction of sp³-hybridized carbons (Fsp3) is 0.360. The Hall–Kier alpha value is -2.93. The normalized spacial score (nSPS) is 21.1. The van der Waals surface area contributed by atoms with Crippen LogP contribution >= 0.6 is 23.1 Å². The van der Waals surface area contributed by atoms with Crippen molar-refractivity contribution in [2.24, 2.45) is 10.9 Å². The van der Waals surface area contributed by atoms with Crippen molar-refractivity contribution >= 4 is 68.7 Å². The molecule has 1 amide bonds. The third-order valence-electron chi connectivity index (χ3n) is 6.47. The van der Waals surface area contributed by atoms with Crippen LogP contribution < -0.4 is 10.8 Å². The number of carbonyl (C=O) groups is 2. The molecule has 192 valence electrons. The molecule has 1 saturated heterocycles. The number of thiazole rings is 1. The van der Waals surface area contributed by atoms with E-state index in [1.165, 1.54) is 23.1 Å². The molecule has 37 heavy (non-hydrogen) atoms. The van der Waals surface area contributed by atoms with Gasteiger partial charge in [0, 0.05) is 24.0 Å². The first-order valence-electron chi connectivity index (χ1n) is 11.8. The molecule has 3 heterocycles. The van der Waals surface area contributed by atoms with Crippen LogP contribution in [0.15, 0.2) is 47.5 Å². The summed E-state index contributed by atoms with van der Waals surface area (Å²) in [6.45, 7) is 7.00. The Bertz CT molecular complexity index is 1360. The second kappa shape index (κ2) is 10.4. The Labute approximate surface area is 222 Å². The van der Waals surface area contributed by atoms with Crippen molar-refractivity contribution in [2.75, 3.05) is 17.7 Å². The van der Waals surface area contributed by atoms with Gasteiger partial charge in [-0.25, -0.2) is 14.6 Å². The first kappa shape index (κ1) is 25.7. The summed E-state index contributed by atoms with van der Waals surface area (Å²) in [5.41, 5.74) is 2.84. The van der Waals surface area contributed by atoms with E-state index in [0.29, 0.717) is 34.0 Å². The van der Waals surface area contributed by atoms with Gasteiger partial charge in [0.1, 0.15) is 16.7 Å². The Morgan fingerprint density at radius 2 is 2.03 bits per heavy atom. The number of amides is 1. The smallest absolute Gasteiger partial charge is 0.480 e. The van der Waals surface area contributed by atoms with Crippen LogP contribution in [0.25, 0.3) is 10.2 Å². The van der Waals surface area contributed by atoms with E-state index in [4.69, 9.17) is 19.2 Å². The van der Waals surface area contributed by atoms with Crippen LogP contribution in [0, 0.1) is 5.92 Å². The number of carboxylic acid groups (broad SMARTS) is 1. The number of fused-ring (bicyclic) bond motifs is 1. The van der Waals surface area contributed by atoms with E-state index in [1.54, 1.807) is 12.1 Å². The molecule has 0 radical (unpaired) electrons. The largest absolute Gasteiger partial charge is 0.494 e. The van der Waals surface area contributed by atoms with E-state index in [1.807, 2.05) is 30.3 Å². The van der Waals surface area contributed by atoms with Gasteiger partial charge in [0.2, 0.25) is 0 Å². The minimum Gasteiger partial charge on any atom is -0.480 e. The lowest BCUT2D eigenvalue weighted by atomic mass is 9.74. The second-order valence-electron chi connectivity index (χ2n) is 9.53. The fourth-order valence-corrected chi connectivity index (χ4v) is 5.91. The number of aliphatic carboxylic acids is 1. The lowest BCUT2D eigenvalue weighted by Crippen LogP contribution is -2.53. The van der Waals surface area contributed by atoms with Crippen LogP contribution in [-0.4, -0.2) is 58.3 Å². The number of hydrogen-bond donors (Lipinski definition) is 2. The zero-order chi connectivity index (χ0) is 26.2. The first-order chi connectivity index (χ1) is 17.7. The highest BCUT2D eigenvalue weighted by Crippen LogP contribution is 2.31. The number of carbonyl (C=O) groups excluding carboxylic acids is 1. The molecule has 1 fully saturated rings. The number of aliphatic imine (C=N–C) groups is 1. The molecule has 0 saturated carbocycles. The highest BCUT2D eigenvalue weighted by molar-refractivity contribution is 8.15. The average molecular weight is 539 g/mol. The second-order valence-corrected chi connectivity index (χ2v) is 11.6. The van der Waals surface area contributed by atoms with Gasteiger partial charge in [-0.15, -0.1) is 23.1 Å². The maximum atomic E-state index is 12.4. The molecule has 0 spiro atoms. The molecule has 12 heteroatoms. The summed E-state index contributed by atoms with van der Waals surface area (Å²) in [4.78, 5) is 32.3. The van der Waals surface area contributed by atoms with Crippen molar-refractivity contribution in [2.45, 2.75) is 39.0 Å². The zero-order valence-corrected chi connectivity index (χ0v) is 22.2. The van der Waals surface area contributed by atoms with Gasteiger partial charge in [-0.3, -0.25) is 10.3 Å². The Balaban J connectivity index is 1.16. The summed E-state index contributed by atoms with van der Waals surface area (Å²) in [5.74, 6) is -0.224. The number of aromatic nitrogens is 1. The minimum absolute atomic E-state index is 0.121. The van der Waals surface area contributed by atoms with Gasteiger partial charge >= 0.3 is 19.2 Å². The third kappa shape index (κ3) is 5.82. The molecular formula is C25H26BN3O6S2. The van der Waals surface area contributed by atoms with Gasteiger partial charge in [-0.05, 0) is 43.1 Å². The predicted molar refractivity (Wildman–Crippen MR) is 146 cm³/mol. The molecule has 0 bridgehead atoms. The first-order valence-corrected chi connectivity index (χ1v) is 13.6. The van der Waals surface area contributed by atoms with Crippen LogP contribution in [0.4, 0.5) is 10.5 Å². The highest BCUT2D eigenvalue weighted by Gasteiger charge is 2.39. The molecule has 2 aliphatic heterocycles. The summed E-state index contributed by atoms with van der Waals surface area (Å²) >= 11 is 2.79. The van der Waals surface area contributed by atoms with Gasteiger partial charge in [-0.2, -0.15) is 0 Å². The monoisotopic (exact) mass is 539 g/mol. The SMILES string of the molecule is CC1COB(c2ccc(COC(=O)Nc3ccc4nc(C5=NC(C(=O)O)CS5)sc4c3)cc2)OC1(C)C. The Morgan fingerprint density at radius 1 is 1.24 bits per heavy atom. The highest BCUT2D eigenvalue weighted by atomic mass is 32.2. The van der Waals surface area contributed by atoms with Crippen LogP contribution in [0.3, 0.4) is 0 Å². The zero-order valence-electron chi connectivity index (χ0n) is 20.6. The van der Waals surface area contributed by atoms with Crippen molar-refractivity contribution in [3.63, 3.8) is 0 Å². The summed E-state index contributed by atoms with van der Waals surface area (Å²) in [6.07, 6.45) is -0.567. The summed E-state index contributed by atoms with van der Waals surface area (Å²) in [5, 5.41) is 13.2. The topological polar surface area (TPSA) is 119 Å². The quantitative estimate of drug-likeness (QED) is 0.449. The van der Waals surface area contributed by atoms with Gasteiger partial charge < -0.3 is 19.2 Å². The molecular weight excluding hydrogens is 513 g/mol. The Kier molecular flexibility index (Phi) is 7.26.